The number of hydrogen-bond acceptors (Lipinski definition) is 6. The van der Waals surface area contributed by atoms with E-state index in [-0.39, 0.29) is 49.2 Å². The third-order valence-electron chi connectivity index (χ3n) is 9.03. The number of nitrogens with zero attached hydrogens (tertiary/aromatic N) is 4. The number of halogens is 2. The summed E-state index contributed by atoms with van der Waals surface area (Å²) in [5.74, 6) is -4.35. The van der Waals surface area contributed by atoms with Crippen LogP contribution in [0.2, 0.25) is 5.02 Å². The van der Waals surface area contributed by atoms with Gasteiger partial charge in [0.05, 0.1) is 11.3 Å². The van der Waals surface area contributed by atoms with Crippen molar-refractivity contribution in [1.29, 1.82) is 0 Å². The highest BCUT2D eigenvalue weighted by Crippen LogP contribution is 2.64. The van der Waals surface area contributed by atoms with Crippen LogP contribution in [0.5, 0.6) is 0 Å². The molecule has 3 heterocycles. The second kappa shape index (κ2) is 8.84. The molecular formula is C26H28ClFN4O6S. The van der Waals surface area contributed by atoms with Gasteiger partial charge in [0.2, 0.25) is 21.7 Å². The number of hydrogen-bond donors (Lipinski definition) is 0. The van der Waals surface area contributed by atoms with Crippen LogP contribution in [0.4, 0.5) is 4.39 Å². The summed E-state index contributed by atoms with van der Waals surface area (Å²) in [6.45, 7) is 0.394. The fourth-order valence-electron chi connectivity index (χ4n) is 6.92. The number of piperidine rings is 1. The van der Waals surface area contributed by atoms with Crippen molar-refractivity contribution in [2.24, 2.45) is 17.8 Å². The first-order chi connectivity index (χ1) is 18.4. The van der Waals surface area contributed by atoms with Gasteiger partial charge in [-0.05, 0) is 54.9 Å². The Bertz CT molecular complexity index is 1480. The highest BCUT2D eigenvalue weighted by molar-refractivity contribution is 7.88. The van der Waals surface area contributed by atoms with Gasteiger partial charge in [-0.25, -0.2) is 17.1 Å². The molecule has 4 unspecified atom stereocenters. The van der Waals surface area contributed by atoms with Crippen LogP contribution in [0.3, 0.4) is 0 Å². The number of rotatable bonds is 6. The molecule has 1 spiro atoms. The second-order valence-electron chi connectivity index (χ2n) is 11.1. The minimum atomic E-state index is -3.49. The predicted octanol–water partition coefficient (Wildman–Crippen LogP) is 1.35. The molecular weight excluding hydrogens is 551 g/mol. The molecule has 3 aliphatic heterocycles. The van der Waals surface area contributed by atoms with Crippen molar-refractivity contribution in [1.82, 2.24) is 19.0 Å². The molecule has 5 aliphatic rings. The lowest BCUT2D eigenvalue weighted by atomic mass is 9.81. The number of Topliss-reactive ketones (excluding diaryl/α,β-unsaturated/α-hetero) is 1. The zero-order chi connectivity index (χ0) is 28.0. The molecule has 208 valence electrons. The Morgan fingerprint density at radius 3 is 2.54 bits per heavy atom. The van der Waals surface area contributed by atoms with Gasteiger partial charge in [-0.1, -0.05) is 17.7 Å². The van der Waals surface area contributed by atoms with E-state index in [9.17, 15) is 32.0 Å². The molecule has 10 nitrogen and oxygen atoms in total. The number of sulfonamides is 1. The molecule has 4 atom stereocenters. The van der Waals surface area contributed by atoms with E-state index < -0.39 is 50.9 Å². The van der Waals surface area contributed by atoms with Crippen molar-refractivity contribution in [3.8, 4) is 0 Å². The van der Waals surface area contributed by atoms with E-state index in [1.807, 2.05) is 0 Å². The number of benzene rings is 1. The Hall–Kier alpha value is -2.83. The van der Waals surface area contributed by atoms with E-state index in [2.05, 4.69) is 0 Å². The van der Waals surface area contributed by atoms with Gasteiger partial charge in [-0.3, -0.25) is 24.1 Å². The van der Waals surface area contributed by atoms with Crippen molar-refractivity contribution < 1.29 is 32.0 Å². The first kappa shape index (κ1) is 26.4. The molecule has 3 amide bonds. The number of fused-ring (bicyclic) bond motifs is 5. The largest absolute Gasteiger partial charge is 0.337 e. The smallest absolute Gasteiger partial charge is 0.297 e. The lowest BCUT2D eigenvalue weighted by Crippen LogP contribution is -2.61. The van der Waals surface area contributed by atoms with Crippen molar-refractivity contribution in [2.45, 2.75) is 37.9 Å². The van der Waals surface area contributed by atoms with Crippen molar-refractivity contribution in [3.63, 3.8) is 0 Å². The van der Waals surface area contributed by atoms with Gasteiger partial charge in [-0.2, -0.15) is 0 Å². The molecule has 1 aromatic carbocycles. The molecule has 2 saturated carbocycles. The SMILES string of the molecule is CN(CCN1C(=O)C2=C3CCN(Cc4ccc(F)c(Cl)c4)C(=O)C3C(=O)C(=O)N2C12CCC1CC12)S(C)(=O)=O. The molecule has 39 heavy (non-hydrogen) atoms. The zero-order valence-electron chi connectivity index (χ0n) is 21.5. The highest BCUT2D eigenvalue weighted by Gasteiger charge is 2.72. The van der Waals surface area contributed by atoms with Crippen molar-refractivity contribution in [3.05, 3.63) is 45.9 Å². The summed E-state index contributed by atoms with van der Waals surface area (Å²) < 4.78 is 38.8. The van der Waals surface area contributed by atoms with Crippen LogP contribution in [0.1, 0.15) is 31.2 Å². The fraction of sp³-hybridized carbons (Fsp3) is 0.538. The van der Waals surface area contributed by atoms with E-state index in [1.54, 1.807) is 4.90 Å². The van der Waals surface area contributed by atoms with Crippen LogP contribution in [0, 0.1) is 23.6 Å². The van der Waals surface area contributed by atoms with Crippen molar-refractivity contribution >= 4 is 45.1 Å². The number of carbonyl (C=O) groups is 4. The first-order valence-corrected chi connectivity index (χ1v) is 15.2. The number of carbonyl (C=O) groups excluding carboxylic acids is 4. The average molecular weight is 579 g/mol. The Balaban J connectivity index is 1.36. The predicted molar refractivity (Wildman–Crippen MR) is 137 cm³/mol. The van der Waals surface area contributed by atoms with Gasteiger partial charge in [0, 0.05) is 39.1 Å². The van der Waals surface area contributed by atoms with Crippen LogP contribution in [0.25, 0.3) is 0 Å². The number of amides is 3. The van der Waals surface area contributed by atoms with Gasteiger partial charge < -0.3 is 9.80 Å². The van der Waals surface area contributed by atoms with Crippen molar-refractivity contribution in [2.75, 3.05) is 32.9 Å². The molecule has 6 rings (SSSR count). The summed E-state index contributed by atoms with van der Waals surface area (Å²) in [6, 6.07) is 4.11. The second-order valence-corrected chi connectivity index (χ2v) is 13.6. The van der Waals surface area contributed by atoms with Crippen LogP contribution >= 0.6 is 11.6 Å². The van der Waals surface area contributed by atoms with E-state index in [4.69, 9.17) is 11.6 Å². The van der Waals surface area contributed by atoms with Gasteiger partial charge in [0.1, 0.15) is 23.1 Å². The molecule has 0 bridgehead atoms. The minimum Gasteiger partial charge on any atom is -0.337 e. The molecule has 1 aromatic rings. The average Bonchev–Trinajstić information content (AvgIpc) is 3.52. The van der Waals surface area contributed by atoms with E-state index in [1.165, 1.54) is 35.0 Å². The summed E-state index contributed by atoms with van der Waals surface area (Å²) >= 11 is 5.89. The summed E-state index contributed by atoms with van der Waals surface area (Å²) in [7, 11) is -2.06. The summed E-state index contributed by atoms with van der Waals surface area (Å²) in [6.07, 6.45) is 3.43. The monoisotopic (exact) mass is 578 g/mol. The van der Waals surface area contributed by atoms with Gasteiger partial charge in [-0.15, -0.1) is 0 Å². The molecule has 2 saturated heterocycles. The normalized spacial score (nSPS) is 30.1. The lowest BCUT2D eigenvalue weighted by molar-refractivity contribution is -0.157. The Kier molecular flexibility index (Phi) is 5.98. The van der Waals surface area contributed by atoms with Crippen LogP contribution in [0.15, 0.2) is 29.5 Å². The van der Waals surface area contributed by atoms with Crippen LogP contribution < -0.4 is 0 Å². The third-order valence-corrected chi connectivity index (χ3v) is 10.6. The summed E-state index contributed by atoms with van der Waals surface area (Å²) in [4.78, 5) is 59.2. The Morgan fingerprint density at radius 1 is 1.18 bits per heavy atom. The zero-order valence-corrected chi connectivity index (χ0v) is 23.1. The molecule has 0 N–H and O–H groups in total. The summed E-state index contributed by atoms with van der Waals surface area (Å²) in [5.41, 5.74) is 0.0258. The van der Waals surface area contributed by atoms with Crippen LogP contribution in [-0.2, 0) is 35.7 Å². The highest BCUT2D eigenvalue weighted by atomic mass is 35.5. The molecule has 0 aromatic heterocycles. The fourth-order valence-corrected chi connectivity index (χ4v) is 7.54. The number of likely N-dealkylation sites (tertiary alicyclic amines) is 1. The minimum absolute atomic E-state index is 0.00963. The lowest BCUT2D eigenvalue weighted by Gasteiger charge is -2.44. The molecule has 4 fully saturated rings. The number of ketones is 1. The van der Waals surface area contributed by atoms with Gasteiger partial charge in [0.25, 0.3) is 11.8 Å². The standard InChI is InChI=1S/C26H28ClFN4O6S/c1-29(39(2,37)38)9-10-31-24(35)21-16-6-8-30(13-14-3-4-19(28)18(27)11-14)23(34)20(16)22(33)25(36)32(21)26(31)7-5-15-12-17(15)26/h3-4,11,15,17,20H,5-10,12-13H2,1-2H3. The van der Waals surface area contributed by atoms with Gasteiger partial charge >= 0.3 is 0 Å². The third kappa shape index (κ3) is 3.86. The van der Waals surface area contributed by atoms with Crippen LogP contribution in [-0.4, -0.2) is 89.5 Å². The van der Waals surface area contributed by atoms with Gasteiger partial charge in [0.15, 0.2) is 0 Å². The molecule has 0 radical (unpaired) electrons. The summed E-state index contributed by atoms with van der Waals surface area (Å²) in [5, 5.41) is -0.0854. The maximum Gasteiger partial charge on any atom is 0.297 e. The molecule has 13 heteroatoms. The Morgan fingerprint density at radius 2 is 1.92 bits per heavy atom. The Labute approximate surface area is 230 Å². The number of likely N-dealkylation sites (N-methyl/N-ethyl adjacent to an activating group) is 1. The van der Waals surface area contributed by atoms with E-state index in [0.29, 0.717) is 23.5 Å². The molecule has 2 aliphatic carbocycles. The quantitative estimate of drug-likeness (QED) is 0.372. The first-order valence-electron chi connectivity index (χ1n) is 12.9. The maximum absolute atomic E-state index is 14.0. The maximum atomic E-state index is 14.0. The van der Waals surface area contributed by atoms with E-state index >= 15 is 0 Å². The van der Waals surface area contributed by atoms with E-state index in [0.717, 1.165) is 23.4 Å². The topological polar surface area (TPSA) is 115 Å².